The Hall–Kier alpha value is -2.43. The first kappa shape index (κ1) is 20.8. The van der Waals surface area contributed by atoms with E-state index in [9.17, 15) is 18.0 Å². The zero-order valence-electron chi connectivity index (χ0n) is 16.3. The van der Waals surface area contributed by atoms with Gasteiger partial charge in [-0.1, -0.05) is 6.07 Å². The molecular weight excluding hydrogens is 428 g/mol. The van der Waals surface area contributed by atoms with Crippen LogP contribution in [-0.2, 0) is 14.8 Å². The second kappa shape index (κ2) is 8.75. The molecule has 1 saturated heterocycles. The van der Waals surface area contributed by atoms with Crippen molar-refractivity contribution in [1.82, 2.24) is 9.21 Å². The molecule has 2 aliphatic rings. The number of nitrogens with zero attached hydrogens (tertiary/aromatic N) is 2. The number of amides is 1. The largest absolute Gasteiger partial charge is 0.486 e. The molecular formula is C20H22N2O6S2. The number of hydrogen-bond donors (Lipinski definition) is 0. The van der Waals surface area contributed by atoms with Crippen molar-refractivity contribution in [3.63, 3.8) is 0 Å². The Morgan fingerprint density at radius 2 is 1.70 bits per heavy atom. The van der Waals surface area contributed by atoms with Crippen molar-refractivity contribution in [2.75, 3.05) is 39.4 Å². The number of ether oxygens (including phenoxy) is 2. The van der Waals surface area contributed by atoms with E-state index < -0.39 is 10.0 Å². The summed E-state index contributed by atoms with van der Waals surface area (Å²) in [5.74, 6) is 0.786. The second-order valence-electron chi connectivity index (χ2n) is 6.99. The zero-order valence-corrected chi connectivity index (χ0v) is 17.9. The molecule has 1 aromatic carbocycles. The molecule has 1 aromatic heterocycles. The topological polar surface area (TPSA) is 93.2 Å². The number of Topliss-reactive ketones (excluding diaryl/α,β-unsaturated/α-hetero) is 1. The highest BCUT2D eigenvalue weighted by atomic mass is 32.2. The molecule has 0 atom stereocenters. The van der Waals surface area contributed by atoms with Gasteiger partial charge in [-0.05, 0) is 23.6 Å². The van der Waals surface area contributed by atoms with E-state index in [1.54, 1.807) is 23.1 Å². The number of ketones is 1. The Morgan fingerprint density at radius 1 is 0.967 bits per heavy atom. The Bertz CT molecular complexity index is 1030. The molecule has 0 saturated carbocycles. The fourth-order valence-corrected chi connectivity index (χ4v) is 5.58. The van der Waals surface area contributed by atoms with Crippen LogP contribution in [0.25, 0.3) is 0 Å². The molecule has 0 aliphatic carbocycles. The first-order chi connectivity index (χ1) is 14.4. The Balaban J connectivity index is 1.33. The van der Waals surface area contributed by atoms with Crippen LogP contribution in [0, 0.1) is 0 Å². The molecule has 8 nitrogen and oxygen atoms in total. The van der Waals surface area contributed by atoms with Crippen molar-refractivity contribution < 1.29 is 27.5 Å². The molecule has 1 fully saturated rings. The lowest BCUT2D eigenvalue weighted by atomic mass is 10.1. The van der Waals surface area contributed by atoms with Gasteiger partial charge in [-0.2, -0.15) is 4.31 Å². The summed E-state index contributed by atoms with van der Waals surface area (Å²) in [4.78, 5) is 26.9. The maximum absolute atomic E-state index is 13.0. The van der Waals surface area contributed by atoms with Gasteiger partial charge in [-0.15, -0.1) is 11.3 Å². The van der Waals surface area contributed by atoms with Crippen LogP contribution in [0.15, 0.2) is 40.6 Å². The number of carbonyl (C=O) groups is 2. The van der Waals surface area contributed by atoms with E-state index in [4.69, 9.17) is 9.47 Å². The summed E-state index contributed by atoms with van der Waals surface area (Å²) < 4.78 is 38.3. The molecule has 0 bridgehead atoms. The van der Waals surface area contributed by atoms with Crippen molar-refractivity contribution in [2.24, 2.45) is 0 Å². The van der Waals surface area contributed by atoms with Gasteiger partial charge in [-0.3, -0.25) is 9.59 Å². The molecule has 2 aromatic rings. The summed E-state index contributed by atoms with van der Waals surface area (Å²) in [6, 6.07) is 8.15. The van der Waals surface area contributed by atoms with Crippen LogP contribution in [-0.4, -0.2) is 68.7 Å². The SMILES string of the molecule is O=C(CCC(=O)N1CCN(S(=O)(=O)c2ccc3c(c2)OCCO3)CC1)c1cccs1. The van der Waals surface area contributed by atoms with Gasteiger partial charge in [-0.25, -0.2) is 8.42 Å². The third-order valence-electron chi connectivity index (χ3n) is 5.10. The van der Waals surface area contributed by atoms with Crippen LogP contribution in [0.2, 0.25) is 0 Å². The molecule has 0 N–H and O–H groups in total. The molecule has 1 amide bonds. The maximum Gasteiger partial charge on any atom is 0.243 e. The molecule has 160 valence electrons. The number of hydrogen-bond acceptors (Lipinski definition) is 7. The van der Waals surface area contributed by atoms with Gasteiger partial charge in [0, 0.05) is 45.1 Å². The van der Waals surface area contributed by atoms with E-state index in [2.05, 4.69) is 0 Å². The van der Waals surface area contributed by atoms with Crippen LogP contribution < -0.4 is 9.47 Å². The number of piperazine rings is 1. The van der Waals surface area contributed by atoms with Gasteiger partial charge in [0.15, 0.2) is 17.3 Å². The molecule has 4 rings (SSSR count). The Morgan fingerprint density at radius 3 is 2.40 bits per heavy atom. The predicted octanol–water partition coefficient (Wildman–Crippen LogP) is 2.02. The van der Waals surface area contributed by atoms with Gasteiger partial charge >= 0.3 is 0 Å². The smallest absolute Gasteiger partial charge is 0.243 e. The lowest BCUT2D eigenvalue weighted by molar-refractivity contribution is -0.132. The van der Waals surface area contributed by atoms with Crippen molar-refractivity contribution in [3.8, 4) is 11.5 Å². The first-order valence-electron chi connectivity index (χ1n) is 9.69. The van der Waals surface area contributed by atoms with Crippen LogP contribution >= 0.6 is 11.3 Å². The minimum Gasteiger partial charge on any atom is -0.486 e. The first-order valence-corrected chi connectivity index (χ1v) is 12.0. The van der Waals surface area contributed by atoms with E-state index in [0.29, 0.717) is 42.7 Å². The molecule has 0 unspecified atom stereocenters. The van der Waals surface area contributed by atoms with Crippen molar-refractivity contribution in [1.29, 1.82) is 0 Å². The Labute approximate surface area is 179 Å². The van der Waals surface area contributed by atoms with Crippen molar-refractivity contribution in [3.05, 3.63) is 40.6 Å². The quantitative estimate of drug-likeness (QED) is 0.625. The number of rotatable bonds is 6. The predicted molar refractivity (Wildman–Crippen MR) is 111 cm³/mol. The van der Waals surface area contributed by atoms with E-state index >= 15 is 0 Å². The van der Waals surface area contributed by atoms with Crippen molar-refractivity contribution >= 4 is 33.1 Å². The molecule has 2 aliphatic heterocycles. The van der Waals surface area contributed by atoms with Gasteiger partial charge in [0.05, 0.1) is 9.77 Å². The average Bonchev–Trinajstić information content (AvgIpc) is 3.32. The van der Waals surface area contributed by atoms with Crippen LogP contribution in [0.1, 0.15) is 22.5 Å². The highest BCUT2D eigenvalue weighted by Gasteiger charge is 2.31. The minimum atomic E-state index is -3.69. The summed E-state index contributed by atoms with van der Waals surface area (Å²) in [6.45, 7) is 1.84. The average molecular weight is 451 g/mol. The molecule has 0 radical (unpaired) electrons. The number of thiophene rings is 1. The van der Waals surface area contributed by atoms with E-state index in [1.165, 1.54) is 27.8 Å². The summed E-state index contributed by atoms with van der Waals surface area (Å²) in [5.41, 5.74) is 0. The zero-order chi connectivity index (χ0) is 21.1. The fraction of sp³-hybridized carbons (Fsp3) is 0.400. The maximum atomic E-state index is 13.0. The molecule has 3 heterocycles. The van der Waals surface area contributed by atoms with Gasteiger partial charge in [0.25, 0.3) is 0 Å². The standard InChI is InChI=1S/C20H22N2O6S2/c23-16(19-2-1-13-29-19)4-6-20(24)21-7-9-22(10-8-21)30(25,26)15-3-5-17-18(14-15)28-12-11-27-17/h1-3,5,13-14H,4,6-12H2. The number of fused-ring (bicyclic) bond motifs is 1. The summed E-state index contributed by atoms with van der Waals surface area (Å²) in [6.07, 6.45) is 0.292. The van der Waals surface area contributed by atoms with E-state index in [-0.39, 0.29) is 42.5 Å². The highest BCUT2D eigenvalue weighted by Crippen LogP contribution is 2.33. The number of carbonyl (C=O) groups excluding carboxylic acids is 2. The van der Waals surface area contributed by atoms with Gasteiger partial charge < -0.3 is 14.4 Å². The van der Waals surface area contributed by atoms with Gasteiger partial charge in [0.2, 0.25) is 15.9 Å². The summed E-state index contributed by atoms with van der Waals surface area (Å²) in [5, 5.41) is 1.83. The fourth-order valence-electron chi connectivity index (χ4n) is 3.45. The molecule has 10 heteroatoms. The summed E-state index contributed by atoms with van der Waals surface area (Å²) in [7, 11) is -3.69. The normalized spacial score (nSPS) is 17.0. The summed E-state index contributed by atoms with van der Waals surface area (Å²) >= 11 is 1.36. The Kier molecular flexibility index (Phi) is 6.07. The van der Waals surface area contributed by atoms with Crippen LogP contribution in [0.4, 0.5) is 0 Å². The molecule has 30 heavy (non-hydrogen) atoms. The van der Waals surface area contributed by atoms with Crippen molar-refractivity contribution in [2.45, 2.75) is 17.7 Å². The van der Waals surface area contributed by atoms with E-state index in [0.717, 1.165) is 0 Å². The number of sulfonamides is 1. The lowest BCUT2D eigenvalue weighted by Gasteiger charge is -2.34. The van der Waals surface area contributed by atoms with Crippen LogP contribution in [0.3, 0.4) is 0 Å². The van der Waals surface area contributed by atoms with Gasteiger partial charge in [0.1, 0.15) is 13.2 Å². The highest BCUT2D eigenvalue weighted by molar-refractivity contribution is 7.89. The third kappa shape index (κ3) is 4.35. The number of benzene rings is 1. The van der Waals surface area contributed by atoms with Crippen LogP contribution in [0.5, 0.6) is 11.5 Å². The van der Waals surface area contributed by atoms with E-state index in [1.807, 2.05) is 5.38 Å². The lowest BCUT2D eigenvalue weighted by Crippen LogP contribution is -2.50. The second-order valence-corrected chi connectivity index (χ2v) is 9.88. The monoisotopic (exact) mass is 450 g/mol. The molecule has 0 spiro atoms. The third-order valence-corrected chi connectivity index (χ3v) is 7.91. The minimum absolute atomic E-state index is 0.0434.